The Hall–Kier alpha value is -4.39. The van der Waals surface area contributed by atoms with Crippen LogP contribution in [0.4, 0.5) is 11.4 Å². The van der Waals surface area contributed by atoms with E-state index < -0.39 is 11.9 Å². The summed E-state index contributed by atoms with van der Waals surface area (Å²) in [7, 11) is 0. The highest BCUT2D eigenvalue weighted by atomic mass is 16.4. The lowest BCUT2D eigenvalue weighted by Gasteiger charge is -2.05. The summed E-state index contributed by atoms with van der Waals surface area (Å²) in [6.07, 6.45) is 0. The molecule has 0 aliphatic heterocycles. The first-order chi connectivity index (χ1) is 14.5. The molecule has 0 saturated heterocycles. The molecule has 4 aromatic rings. The van der Waals surface area contributed by atoms with E-state index in [0.717, 1.165) is 17.2 Å². The first-order valence-corrected chi connectivity index (χ1v) is 9.00. The summed E-state index contributed by atoms with van der Waals surface area (Å²) >= 11 is 0. The van der Waals surface area contributed by atoms with E-state index in [0.29, 0.717) is 16.8 Å². The number of benzene rings is 3. The van der Waals surface area contributed by atoms with Gasteiger partial charge in [0.25, 0.3) is 0 Å². The molecular weight excluding hydrogens is 382 g/mol. The minimum Gasteiger partial charge on any atom is -0.478 e. The van der Waals surface area contributed by atoms with E-state index in [1.807, 2.05) is 54.6 Å². The standard InChI is InChI=1S/C23H15N3O4/c27-22(28)19-13-21(23(29)30)24-20-11-10-17(12-18(19)20)26-25-16-8-6-15(7-9-16)14-4-2-1-3-5-14/h1-13H,(H,27,28)(H,29,30). The monoisotopic (exact) mass is 397 g/mol. The van der Waals surface area contributed by atoms with Gasteiger partial charge in [-0.05, 0) is 47.5 Å². The average molecular weight is 397 g/mol. The number of rotatable bonds is 5. The van der Waals surface area contributed by atoms with Crippen molar-refractivity contribution < 1.29 is 19.8 Å². The summed E-state index contributed by atoms with van der Waals surface area (Å²) in [6, 6.07) is 23.2. The van der Waals surface area contributed by atoms with Crippen molar-refractivity contribution in [1.29, 1.82) is 0 Å². The van der Waals surface area contributed by atoms with Crippen LogP contribution in [0.5, 0.6) is 0 Å². The molecule has 0 fully saturated rings. The molecule has 1 aromatic heterocycles. The highest BCUT2D eigenvalue weighted by Crippen LogP contribution is 2.27. The van der Waals surface area contributed by atoms with Crippen LogP contribution in [-0.4, -0.2) is 27.1 Å². The van der Waals surface area contributed by atoms with Crippen LogP contribution >= 0.6 is 0 Å². The Labute approximate surface area is 171 Å². The predicted molar refractivity (Wildman–Crippen MR) is 112 cm³/mol. The zero-order valence-corrected chi connectivity index (χ0v) is 15.6. The molecule has 0 atom stereocenters. The van der Waals surface area contributed by atoms with Gasteiger partial charge in [0.1, 0.15) is 5.69 Å². The molecule has 1 heterocycles. The molecule has 146 valence electrons. The van der Waals surface area contributed by atoms with Crippen LogP contribution in [0, 0.1) is 0 Å². The first-order valence-electron chi connectivity index (χ1n) is 9.00. The molecule has 0 spiro atoms. The van der Waals surface area contributed by atoms with Gasteiger partial charge >= 0.3 is 11.9 Å². The normalized spacial score (nSPS) is 11.1. The summed E-state index contributed by atoms with van der Waals surface area (Å²) in [4.78, 5) is 26.7. The molecule has 7 nitrogen and oxygen atoms in total. The number of azo groups is 1. The fraction of sp³-hybridized carbons (Fsp3) is 0. The number of fused-ring (bicyclic) bond motifs is 1. The molecule has 0 aliphatic carbocycles. The second-order valence-corrected chi connectivity index (χ2v) is 6.48. The Morgan fingerprint density at radius 2 is 1.33 bits per heavy atom. The molecule has 0 radical (unpaired) electrons. The zero-order valence-electron chi connectivity index (χ0n) is 15.6. The number of hydrogen-bond acceptors (Lipinski definition) is 5. The Bertz CT molecular complexity index is 1280. The molecule has 0 saturated carbocycles. The largest absolute Gasteiger partial charge is 0.478 e. The number of carbonyl (C=O) groups is 2. The van der Waals surface area contributed by atoms with Crippen LogP contribution in [0.1, 0.15) is 20.8 Å². The van der Waals surface area contributed by atoms with Crippen LogP contribution in [-0.2, 0) is 0 Å². The van der Waals surface area contributed by atoms with E-state index in [2.05, 4.69) is 15.2 Å². The highest BCUT2D eigenvalue weighted by Gasteiger charge is 2.15. The summed E-state index contributed by atoms with van der Waals surface area (Å²) in [6.45, 7) is 0. The fourth-order valence-electron chi connectivity index (χ4n) is 3.03. The number of pyridine rings is 1. The predicted octanol–water partition coefficient (Wildman–Crippen LogP) is 5.71. The van der Waals surface area contributed by atoms with E-state index >= 15 is 0 Å². The van der Waals surface area contributed by atoms with Gasteiger partial charge in [-0.3, -0.25) is 0 Å². The van der Waals surface area contributed by atoms with Crippen molar-refractivity contribution in [2.24, 2.45) is 10.2 Å². The summed E-state index contributed by atoms with van der Waals surface area (Å²) < 4.78 is 0. The number of hydrogen-bond donors (Lipinski definition) is 2. The lowest BCUT2D eigenvalue weighted by atomic mass is 10.1. The van der Waals surface area contributed by atoms with Crippen molar-refractivity contribution in [3.63, 3.8) is 0 Å². The first kappa shape index (κ1) is 18.9. The number of nitrogens with zero attached hydrogens (tertiary/aromatic N) is 3. The van der Waals surface area contributed by atoms with E-state index in [1.54, 1.807) is 6.07 Å². The van der Waals surface area contributed by atoms with E-state index in [1.165, 1.54) is 12.1 Å². The molecule has 7 heteroatoms. The lowest BCUT2D eigenvalue weighted by Crippen LogP contribution is -2.06. The van der Waals surface area contributed by atoms with Crippen LogP contribution in [0.15, 0.2) is 89.1 Å². The van der Waals surface area contributed by atoms with Gasteiger partial charge in [0.05, 0.1) is 22.5 Å². The van der Waals surface area contributed by atoms with Crippen LogP contribution in [0.25, 0.3) is 22.0 Å². The second kappa shape index (κ2) is 7.92. The SMILES string of the molecule is O=C(O)c1cc(C(=O)O)c2cc(N=Nc3ccc(-c4ccccc4)cc3)ccc2n1. The Kier molecular flexibility index (Phi) is 5.00. The fourth-order valence-corrected chi connectivity index (χ4v) is 3.03. The number of carboxylic acids is 2. The maximum atomic E-state index is 11.6. The molecule has 0 unspecified atom stereocenters. The number of carboxylic acid groups (broad SMARTS) is 2. The van der Waals surface area contributed by atoms with Crippen molar-refractivity contribution >= 4 is 34.2 Å². The molecule has 2 N–H and O–H groups in total. The van der Waals surface area contributed by atoms with Gasteiger partial charge in [-0.1, -0.05) is 42.5 Å². The third kappa shape index (κ3) is 3.90. The minimum absolute atomic E-state index is 0.151. The van der Waals surface area contributed by atoms with Crippen LogP contribution in [0.2, 0.25) is 0 Å². The number of aromatic carboxylic acids is 2. The molecule has 0 bridgehead atoms. The highest BCUT2D eigenvalue weighted by molar-refractivity contribution is 6.05. The maximum absolute atomic E-state index is 11.6. The Balaban J connectivity index is 1.64. The van der Waals surface area contributed by atoms with E-state index in [9.17, 15) is 14.7 Å². The van der Waals surface area contributed by atoms with Crippen molar-refractivity contribution in [3.05, 3.63) is 90.1 Å². The van der Waals surface area contributed by atoms with Crippen molar-refractivity contribution in [3.8, 4) is 11.1 Å². The van der Waals surface area contributed by atoms with Gasteiger partial charge in [0.15, 0.2) is 0 Å². The average Bonchev–Trinajstić information content (AvgIpc) is 2.77. The van der Waals surface area contributed by atoms with Gasteiger partial charge < -0.3 is 10.2 Å². The third-order valence-electron chi connectivity index (χ3n) is 4.50. The van der Waals surface area contributed by atoms with Gasteiger partial charge in [0, 0.05) is 5.39 Å². The van der Waals surface area contributed by atoms with Crippen molar-refractivity contribution in [2.75, 3.05) is 0 Å². The van der Waals surface area contributed by atoms with Gasteiger partial charge in [-0.15, -0.1) is 0 Å². The van der Waals surface area contributed by atoms with Gasteiger partial charge in [0.2, 0.25) is 0 Å². The number of aromatic nitrogens is 1. The summed E-state index contributed by atoms with van der Waals surface area (Å²) in [5.74, 6) is -2.53. The van der Waals surface area contributed by atoms with Crippen molar-refractivity contribution in [1.82, 2.24) is 4.98 Å². The Morgan fingerprint density at radius 1 is 0.700 bits per heavy atom. The van der Waals surface area contributed by atoms with Gasteiger partial charge in [-0.25, -0.2) is 14.6 Å². The second-order valence-electron chi connectivity index (χ2n) is 6.48. The topological polar surface area (TPSA) is 112 Å². The van der Waals surface area contributed by atoms with Crippen LogP contribution < -0.4 is 0 Å². The zero-order chi connectivity index (χ0) is 21.1. The molecular formula is C23H15N3O4. The molecule has 30 heavy (non-hydrogen) atoms. The molecule has 3 aromatic carbocycles. The molecule has 0 aliphatic rings. The van der Waals surface area contributed by atoms with E-state index in [4.69, 9.17) is 5.11 Å². The van der Waals surface area contributed by atoms with Gasteiger partial charge in [-0.2, -0.15) is 10.2 Å². The van der Waals surface area contributed by atoms with E-state index in [-0.39, 0.29) is 16.8 Å². The minimum atomic E-state index is -1.29. The quantitative estimate of drug-likeness (QED) is 0.419. The summed E-state index contributed by atoms with van der Waals surface area (Å²) in [5.41, 5.74) is 3.03. The van der Waals surface area contributed by atoms with Crippen LogP contribution in [0.3, 0.4) is 0 Å². The third-order valence-corrected chi connectivity index (χ3v) is 4.50. The Morgan fingerprint density at radius 3 is 2.00 bits per heavy atom. The lowest BCUT2D eigenvalue weighted by molar-refractivity contribution is 0.0691. The molecule has 0 amide bonds. The summed E-state index contributed by atoms with van der Waals surface area (Å²) in [5, 5.41) is 27.2. The smallest absolute Gasteiger partial charge is 0.354 e. The molecule has 4 rings (SSSR count). The maximum Gasteiger partial charge on any atom is 0.354 e. The van der Waals surface area contributed by atoms with Crippen molar-refractivity contribution in [2.45, 2.75) is 0 Å².